The number of ether oxygens (including phenoxy) is 1. The maximum absolute atomic E-state index is 11.4. The normalized spacial score (nSPS) is 29.1. The van der Waals surface area contributed by atoms with Crippen molar-refractivity contribution in [3.8, 4) is 6.07 Å². The summed E-state index contributed by atoms with van der Waals surface area (Å²) in [5.41, 5.74) is -1.28. The van der Waals surface area contributed by atoms with Gasteiger partial charge in [0.25, 0.3) is 0 Å². The minimum Gasteiger partial charge on any atom is -0.444 e. The maximum Gasteiger partial charge on any atom is 0.408 e. The second-order valence-electron chi connectivity index (χ2n) is 4.79. The Kier molecular flexibility index (Phi) is 3.19. The van der Waals surface area contributed by atoms with E-state index in [4.69, 9.17) is 10.00 Å². The van der Waals surface area contributed by atoms with Crippen molar-refractivity contribution in [2.45, 2.75) is 38.3 Å². The van der Waals surface area contributed by atoms with E-state index >= 15 is 0 Å². The first kappa shape index (κ1) is 12.2. The molecule has 1 N–H and O–H groups in total. The minimum absolute atomic E-state index is 0.137. The summed E-state index contributed by atoms with van der Waals surface area (Å²) in [6, 6.07) is 2.11. The monoisotopic (exact) mass is 228 g/mol. The molecule has 0 unspecified atom stereocenters. The van der Waals surface area contributed by atoms with E-state index in [0.29, 0.717) is 12.2 Å². The van der Waals surface area contributed by atoms with Crippen LogP contribution in [0, 0.1) is 17.2 Å². The van der Waals surface area contributed by atoms with Crippen molar-refractivity contribution in [3.05, 3.63) is 0 Å². The molecule has 0 heterocycles. The van der Waals surface area contributed by atoms with Gasteiger partial charge in [-0.2, -0.15) is 17.9 Å². The van der Waals surface area contributed by atoms with Crippen LogP contribution < -0.4 is 5.32 Å². The van der Waals surface area contributed by atoms with Crippen LogP contribution in [0.5, 0.6) is 0 Å². The van der Waals surface area contributed by atoms with Gasteiger partial charge in [0.2, 0.25) is 0 Å². The SMILES string of the molecule is CC(C)(C)OC(=O)N[C@]1(C#N)C[C@H]1CS. The Morgan fingerprint density at radius 2 is 2.33 bits per heavy atom. The van der Waals surface area contributed by atoms with Crippen molar-refractivity contribution in [1.82, 2.24) is 5.32 Å². The molecule has 1 aliphatic rings. The number of rotatable bonds is 2. The first-order chi connectivity index (χ1) is 6.83. The first-order valence-electron chi connectivity index (χ1n) is 4.86. The molecule has 0 aromatic rings. The Hall–Kier alpha value is -0.890. The molecule has 1 aliphatic carbocycles. The van der Waals surface area contributed by atoms with Gasteiger partial charge in [-0.3, -0.25) is 0 Å². The molecular formula is C10H16N2O2S. The summed E-state index contributed by atoms with van der Waals surface area (Å²) in [6.07, 6.45) is 0.125. The summed E-state index contributed by atoms with van der Waals surface area (Å²) in [7, 11) is 0. The summed E-state index contributed by atoms with van der Waals surface area (Å²) in [5, 5.41) is 11.6. The number of carbonyl (C=O) groups is 1. The lowest BCUT2D eigenvalue weighted by atomic mass is 10.2. The zero-order valence-corrected chi connectivity index (χ0v) is 10.1. The molecule has 15 heavy (non-hydrogen) atoms. The van der Waals surface area contributed by atoms with Gasteiger partial charge in [-0.15, -0.1) is 0 Å². The summed E-state index contributed by atoms with van der Waals surface area (Å²) in [5.74, 6) is 0.738. The van der Waals surface area contributed by atoms with Crippen LogP contribution in [0.3, 0.4) is 0 Å². The van der Waals surface area contributed by atoms with Crippen molar-refractivity contribution >= 4 is 18.7 Å². The Morgan fingerprint density at radius 1 is 1.73 bits per heavy atom. The van der Waals surface area contributed by atoms with Crippen LogP contribution in [0.4, 0.5) is 4.79 Å². The van der Waals surface area contributed by atoms with Gasteiger partial charge in [-0.05, 0) is 32.9 Å². The average molecular weight is 228 g/mol. The number of hydrogen-bond donors (Lipinski definition) is 2. The highest BCUT2D eigenvalue weighted by atomic mass is 32.1. The Bertz CT molecular complexity index is 306. The van der Waals surface area contributed by atoms with Crippen LogP contribution in [-0.2, 0) is 4.74 Å². The number of nitrogens with one attached hydrogen (secondary N) is 1. The largest absolute Gasteiger partial charge is 0.444 e. The first-order valence-corrected chi connectivity index (χ1v) is 5.49. The van der Waals surface area contributed by atoms with Crippen LogP contribution in [0.2, 0.25) is 0 Å². The number of nitrogens with zero attached hydrogens (tertiary/aromatic N) is 1. The highest BCUT2D eigenvalue weighted by Crippen LogP contribution is 2.43. The van der Waals surface area contributed by atoms with Crippen LogP contribution in [0.1, 0.15) is 27.2 Å². The highest BCUT2D eigenvalue weighted by molar-refractivity contribution is 7.80. The molecule has 2 atom stereocenters. The zero-order valence-electron chi connectivity index (χ0n) is 9.20. The standard InChI is InChI=1S/C10H16N2O2S/c1-9(2,3)14-8(13)12-10(6-11)4-7(10)5-15/h7,15H,4-5H2,1-3H3,(H,12,13)/t7-,10-/m0/s1. The van der Waals surface area contributed by atoms with E-state index in [1.54, 1.807) is 20.8 Å². The van der Waals surface area contributed by atoms with E-state index in [9.17, 15) is 4.79 Å². The molecule has 1 saturated carbocycles. The highest BCUT2D eigenvalue weighted by Gasteiger charge is 2.55. The predicted molar refractivity (Wildman–Crippen MR) is 59.7 cm³/mol. The second kappa shape index (κ2) is 3.93. The van der Waals surface area contributed by atoms with Crippen molar-refractivity contribution in [2.75, 3.05) is 5.75 Å². The third kappa shape index (κ3) is 3.03. The molecule has 0 bridgehead atoms. The summed E-state index contributed by atoms with van der Waals surface area (Å²) >= 11 is 4.11. The predicted octanol–water partition coefficient (Wildman–Crippen LogP) is 1.72. The Morgan fingerprint density at radius 3 is 2.67 bits per heavy atom. The lowest BCUT2D eigenvalue weighted by molar-refractivity contribution is 0.0507. The molecule has 1 amide bonds. The molecule has 1 fully saturated rings. The van der Waals surface area contributed by atoms with Gasteiger partial charge in [0, 0.05) is 5.92 Å². The number of alkyl carbamates (subject to hydrolysis) is 1. The van der Waals surface area contributed by atoms with Crippen molar-refractivity contribution in [2.24, 2.45) is 5.92 Å². The molecule has 0 aromatic carbocycles. The maximum atomic E-state index is 11.4. The third-order valence-electron chi connectivity index (χ3n) is 2.25. The molecule has 0 saturated heterocycles. The Balaban J connectivity index is 2.50. The van der Waals surface area contributed by atoms with Gasteiger partial charge in [-0.25, -0.2) is 4.79 Å². The van der Waals surface area contributed by atoms with E-state index in [2.05, 4.69) is 24.0 Å². The second-order valence-corrected chi connectivity index (χ2v) is 5.16. The molecule has 0 spiro atoms. The number of nitriles is 1. The van der Waals surface area contributed by atoms with Crippen LogP contribution in [-0.4, -0.2) is 23.0 Å². The molecule has 1 rings (SSSR count). The van der Waals surface area contributed by atoms with Crippen LogP contribution in [0.15, 0.2) is 0 Å². The molecular weight excluding hydrogens is 212 g/mol. The quantitative estimate of drug-likeness (QED) is 0.707. The number of carbonyl (C=O) groups excluding carboxylic acids is 1. The van der Waals surface area contributed by atoms with Crippen molar-refractivity contribution < 1.29 is 9.53 Å². The minimum atomic E-state index is -0.746. The van der Waals surface area contributed by atoms with Gasteiger partial charge in [0.05, 0.1) is 6.07 Å². The fraction of sp³-hybridized carbons (Fsp3) is 0.800. The zero-order chi connectivity index (χ0) is 11.7. The molecule has 5 heteroatoms. The number of thiol groups is 1. The van der Waals surface area contributed by atoms with Gasteiger partial charge in [0.15, 0.2) is 0 Å². The lowest BCUT2D eigenvalue weighted by Gasteiger charge is -2.21. The van der Waals surface area contributed by atoms with E-state index in [1.165, 1.54) is 0 Å². The van der Waals surface area contributed by atoms with E-state index < -0.39 is 17.2 Å². The molecule has 4 nitrogen and oxygen atoms in total. The van der Waals surface area contributed by atoms with Gasteiger partial charge in [0.1, 0.15) is 11.1 Å². The average Bonchev–Trinajstić information content (AvgIpc) is 2.76. The van der Waals surface area contributed by atoms with Crippen molar-refractivity contribution in [3.63, 3.8) is 0 Å². The topological polar surface area (TPSA) is 62.1 Å². The third-order valence-corrected chi connectivity index (χ3v) is 2.69. The van der Waals surface area contributed by atoms with E-state index in [1.807, 2.05) is 0 Å². The number of amides is 1. The summed E-state index contributed by atoms with van der Waals surface area (Å²) in [6.45, 7) is 5.36. The smallest absolute Gasteiger partial charge is 0.408 e. The van der Waals surface area contributed by atoms with Gasteiger partial charge < -0.3 is 10.1 Å². The summed E-state index contributed by atoms with van der Waals surface area (Å²) in [4.78, 5) is 11.4. The number of hydrogen-bond acceptors (Lipinski definition) is 4. The Labute approximate surface area is 95.4 Å². The molecule has 0 radical (unpaired) electrons. The lowest BCUT2D eigenvalue weighted by Crippen LogP contribution is -2.41. The molecule has 0 aromatic heterocycles. The van der Waals surface area contributed by atoms with Gasteiger partial charge >= 0.3 is 6.09 Å². The van der Waals surface area contributed by atoms with Gasteiger partial charge in [-0.1, -0.05) is 0 Å². The fourth-order valence-corrected chi connectivity index (χ4v) is 1.79. The fourth-order valence-electron chi connectivity index (χ4n) is 1.35. The van der Waals surface area contributed by atoms with Crippen molar-refractivity contribution in [1.29, 1.82) is 5.26 Å². The van der Waals surface area contributed by atoms with Crippen LogP contribution in [0.25, 0.3) is 0 Å². The van der Waals surface area contributed by atoms with E-state index in [0.717, 1.165) is 0 Å². The molecule has 0 aliphatic heterocycles. The molecule has 84 valence electrons. The van der Waals surface area contributed by atoms with E-state index in [-0.39, 0.29) is 5.92 Å². The van der Waals surface area contributed by atoms with Crippen LogP contribution >= 0.6 is 12.6 Å². The summed E-state index contributed by atoms with van der Waals surface area (Å²) < 4.78 is 5.08.